The van der Waals surface area contributed by atoms with Crippen molar-refractivity contribution in [2.75, 3.05) is 18.4 Å². The second kappa shape index (κ2) is 7.86. The smallest absolute Gasteiger partial charge is 0.407 e. The number of nitriles is 1. The van der Waals surface area contributed by atoms with E-state index >= 15 is 0 Å². The lowest BCUT2D eigenvalue weighted by Gasteiger charge is -2.29. The van der Waals surface area contributed by atoms with Crippen molar-refractivity contribution in [3.05, 3.63) is 22.3 Å². The molecule has 0 aromatic carbocycles. The fourth-order valence-electron chi connectivity index (χ4n) is 2.32. The number of rotatable bonds is 4. The van der Waals surface area contributed by atoms with Crippen LogP contribution in [0.2, 0.25) is 5.15 Å². The fourth-order valence-corrected chi connectivity index (χ4v) is 4.22. The predicted octanol–water partition coefficient (Wildman–Crippen LogP) is 3.44. The highest BCUT2D eigenvalue weighted by molar-refractivity contribution is 7.99. The number of nitrogens with one attached hydrogen (secondary N) is 1. The van der Waals surface area contributed by atoms with Gasteiger partial charge in [-0.05, 0) is 12.8 Å². The van der Waals surface area contributed by atoms with Gasteiger partial charge in [-0.25, -0.2) is 19.7 Å². The molecule has 2 N–H and O–H groups in total. The van der Waals surface area contributed by atoms with Crippen molar-refractivity contribution in [3.8, 4) is 6.07 Å². The molecule has 1 amide bonds. The fraction of sp³-hybridized carbons (Fsp3) is 0.357. The van der Waals surface area contributed by atoms with E-state index in [2.05, 4.69) is 20.3 Å². The number of aromatic nitrogens is 3. The van der Waals surface area contributed by atoms with Crippen LogP contribution in [0.25, 0.3) is 0 Å². The van der Waals surface area contributed by atoms with Crippen LogP contribution in [0.1, 0.15) is 17.7 Å². The van der Waals surface area contributed by atoms with Crippen LogP contribution in [0.15, 0.2) is 17.4 Å². The highest BCUT2D eigenvalue weighted by Gasteiger charge is 2.24. The number of carboxylic acid groups (broad SMARTS) is 1. The van der Waals surface area contributed by atoms with Gasteiger partial charge in [0.2, 0.25) is 0 Å². The van der Waals surface area contributed by atoms with Gasteiger partial charge in [-0.1, -0.05) is 34.7 Å². The second-order valence-electron chi connectivity index (χ2n) is 5.21. The number of halogens is 1. The highest BCUT2D eigenvalue weighted by atomic mass is 35.5. The molecule has 0 aliphatic carbocycles. The number of amides is 1. The topological polar surface area (TPSA) is 115 Å². The van der Waals surface area contributed by atoms with Crippen LogP contribution in [0.5, 0.6) is 0 Å². The molecule has 0 bridgehead atoms. The van der Waals surface area contributed by atoms with E-state index < -0.39 is 6.09 Å². The van der Waals surface area contributed by atoms with Crippen LogP contribution < -0.4 is 5.32 Å². The second-order valence-corrected chi connectivity index (χ2v) is 7.90. The Bertz CT molecular complexity index is 816. The van der Waals surface area contributed by atoms with Crippen molar-refractivity contribution in [3.63, 3.8) is 0 Å². The molecule has 0 spiro atoms. The van der Waals surface area contributed by atoms with Crippen LogP contribution in [0.3, 0.4) is 0 Å². The summed E-state index contributed by atoms with van der Waals surface area (Å²) in [5.41, 5.74) is 0. The first kappa shape index (κ1) is 17.7. The number of piperidine rings is 1. The molecule has 0 atom stereocenters. The Labute approximate surface area is 156 Å². The number of thiazole rings is 1. The average Bonchev–Trinajstić information content (AvgIpc) is 3.02. The van der Waals surface area contributed by atoms with Gasteiger partial charge < -0.3 is 15.3 Å². The van der Waals surface area contributed by atoms with E-state index in [0.29, 0.717) is 39.2 Å². The van der Waals surface area contributed by atoms with E-state index in [1.807, 2.05) is 6.07 Å². The van der Waals surface area contributed by atoms with Crippen LogP contribution >= 0.6 is 34.7 Å². The van der Waals surface area contributed by atoms with Crippen LogP contribution in [-0.2, 0) is 0 Å². The van der Waals surface area contributed by atoms with Crippen molar-refractivity contribution in [2.24, 2.45) is 0 Å². The Hall–Kier alpha value is -2.09. The molecule has 8 nitrogen and oxygen atoms in total. The molecule has 1 aliphatic rings. The maximum absolute atomic E-state index is 10.9. The van der Waals surface area contributed by atoms with E-state index in [1.54, 1.807) is 6.07 Å². The molecule has 1 fully saturated rings. The lowest BCUT2D eigenvalue weighted by Crippen LogP contribution is -2.38. The van der Waals surface area contributed by atoms with Gasteiger partial charge in [0.1, 0.15) is 21.9 Å². The molecule has 1 saturated heterocycles. The molecule has 3 rings (SSSR count). The Kier molecular flexibility index (Phi) is 5.57. The minimum absolute atomic E-state index is 0.243. The molecule has 3 heterocycles. The minimum Gasteiger partial charge on any atom is -0.465 e. The van der Waals surface area contributed by atoms with Crippen LogP contribution in [-0.4, -0.2) is 49.4 Å². The third-order valence-corrected chi connectivity index (χ3v) is 5.72. The molecular formula is C14H13ClN6O2S2. The molecular weight excluding hydrogens is 384 g/mol. The molecule has 25 heavy (non-hydrogen) atoms. The number of anilines is 2. The Balaban J connectivity index is 1.65. The summed E-state index contributed by atoms with van der Waals surface area (Å²) >= 11 is 8.79. The van der Waals surface area contributed by atoms with Crippen molar-refractivity contribution in [1.29, 1.82) is 5.26 Å². The molecule has 0 saturated carbocycles. The summed E-state index contributed by atoms with van der Waals surface area (Å²) in [6.07, 6.45) is 2.09. The summed E-state index contributed by atoms with van der Waals surface area (Å²) in [5, 5.41) is 22.5. The van der Waals surface area contributed by atoms with Crippen molar-refractivity contribution in [2.45, 2.75) is 23.2 Å². The third-order valence-electron chi connectivity index (χ3n) is 3.51. The largest absolute Gasteiger partial charge is 0.465 e. The molecule has 2 aromatic heterocycles. The number of nitrogens with zero attached hydrogens (tertiary/aromatic N) is 5. The average molecular weight is 397 g/mol. The van der Waals surface area contributed by atoms with E-state index in [1.165, 1.54) is 34.2 Å². The van der Waals surface area contributed by atoms with Gasteiger partial charge in [-0.2, -0.15) is 5.26 Å². The SMILES string of the molecule is N#Cc1cnc(Nc2cc(Cl)nc(SC3CCN(C(=O)O)CC3)n2)s1. The van der Waals surface area contributed by atoms with Crippen LogP contribution in [0, 0.1) is 11.3 Å². The van der Waals surface area contributed by atoms with E-state index in [4.69, 9.17) is 22.0 Å². The van der Waals surface area contributed by atoms with Crippen molar-refractivity contribution >= 4 is 51.7 Å². The first-order chi connectivity index (χ1) is 12.0. The maximum atomic E-state index is 10.9. The van der Waals surface area contributed by atoms with Gasteiger partial charge >= 0.3 is 6.09 Å². The molecule has 130 valence electrons. The van der Waals surface area contributed by atoms with Gasteiger partial charge in [0.25, 0.3) is 0 Å². The van der Waals surface area contributed by atoms with Crippen molar-refractivity contribution < 1.29 is 9.90 Å². The highest BCUT2D eigenvalue weighted by Crippen LogP contribution is 2.30. The number of hydrogen-bond donors (Lipinski definition) is 2. The van der Waals surface area contributed by atoms with Gasteiger partial charge in [-0.15, -0.1) is 0 Å². The quantitative estimate of drug-likeness (QED) is 0.596. The lowest BCUT2D eigenvalue weighted by atomic mass is 10.1. The lowest BCUT2D eigenvalue weighted by molar-refractivity contribution is 0.136. The first-order valence-electron chi connectivity index (χ1n) is 7.35. The molecule has 0 unspecified atom stereocenters. The van der Waals surface area contributed by atoms with E-state index in [-0.39, 0.29) is 5.25 Å². The maximum Gasteiger partial charge on any atom is 0.407 e. The summed E-state index contributed by atoms with van der Waals surface area (Å²) in [5.74, 6) is 0.504. The van der Waals surface area contributed by atoms with Gasteiger partial charge in [0.05, 0.1) is 6.20 Å². The van der Waals surface area contributed by atoms with Gasteiger partial charge in [-0.3, -0.25) is 0 Å². The number of carbonyl (C=O) groups is 1. The summed E-state index contributed by atoms with van der Waals surface area (Å²) in [4.78, 5) is 25.6. The molecule has 0 radical (unpaired) electrons. The molecule has 11 heteroatoms. The number of hydrogen-bond acceptors (Lipinski definition) is 8. The minimum atomic E-state index is -0.880. The Morgan fingerprint density at radius 2 is 2.24 bits per heavy atom. The zero-order valence-electron chi connectivity index (χ0n) is 12.8. The number of likely N-dealkylation sites (tertiary alicyclic amines) is 1. The summed E-state index contributed by atoms with van der Waals surface area (Å²) in [6, 6.07) is 3.62. The van der Waals surface area contributed by atoms with Crippen molar-refractivity contribution in [1.82, 2.24) is 19.9 Å². The predicted molar refractivity (Wildman–Crippen MR) is 95.6 cm³/mol. The monoisotopic (exact) mass is 396 g/mol. The molecule has 2 aromatic rings. The zero-order chi connectivity index (χ0) is 17.8. The summed E-state index contributed by atoms with van der Waals surface area (Å²) in [7, 11) is 0. The number of thioether (sulfide) groups is 1. The van der Waals surface area contributed by atoms with Gasteiger partial charge in [0, 0.05) is 24.4 Å². The summed E-state index contributed by atoms with van der Waals surface area (Å²) < 4.78 is 0. The van der Waals surface area contributed by atoms with Gasteiger partial charge in [0.15, 0.2) is 10.3 Å². The Morgan fingerprint density at radius 3 is 2.88 bits per heavy atom. The third kappa shape index (κ3) is 4.72. The standard InChI is InChI=1S/C14H13ClN6O2S2/c15-10-5-11(19-12-17-7-9(6-16)25-12)20-13(18-10)24-8-1-3-21(4-2-8)14(22)23/h5,7-8H,1-4H2,(H,22,23)(H,17,18,19,20). The zero-order valence-corrected chi connectivity index (χ0v) is 15.2. The van der Waals surface area contributed by atoms with E-state index in [0.717, 1.165) is 12.8 Å². The Morgan fingerprint density at radius 1 is 1.48 bits per heavy atom. The van der Waals surface area contributed by atoms with Crippen LogP contribution in [0.4, 0.5) is 15.7 Å². The van der Waals surface area contributed by atoms with E-state index in [9.17, 15) is 4.79 Å². The first-order valence-corrected chi connectivity index (χ1v) is 9.43. The normalized spacial score (nSPS) is 15.0. The summed E-state index contributed by atoms with van der Waals surface area (Å²) in [6.45, 7) is 1.02. The molecule has 1 aliphatic heterocycles.